The summed E-state index contributed by atoms with van der Waals surface area (Å²) in [5.41, 5.74) is 0.599. The van der Waals surface area contributed by atoms with Gasteiger partial charge in [0.25, 0.3) is 0 Å². The molecule has 0 radical (unpaired) electrons. The van der Waals surface area contributed by atoms with Crippen molar-refractivity contribution in [2.45, 2.75) is 6.42 Å². The van der Waals surface area contributed by atoms with Crippen LogP contribution in [0, 0.1) is 17.5 Å². The maximum atomic E-state index is 14.7. The number of aromatic nitrogens is 2. The molecular weight excluding hydrogens is 411 g/mol. The maximum absolute atomic E-state index is 14.7. The molecule has 3 aromatic rings. The third kappa shape index (κ3) is 3.63. The predicted octanol–water partition coefficient (Wildman–Crippen LogP) is 3.68. The van der Waals surface area contributed by atoms with Gasteiger partial charge >= 0.3 is 0 Å². The molecule has 1 N–H and O–H groups in total. The van der Waals surface area contributed by atoms with Crippen LogP contribution in [0.2, 0.25) is 0 Å². The zero-order valence-electron chi connectivity index (χ0n) is 16.7. The average molecular weight is 429 g/mol. The number of rotatable bonds is 5. The first-order chi connectivity index (χ1) is 14.9. The van der Waals surface area contributed by atoms with Gasteiger partial charge in [0.1, 0.15) is 5.69 Å². The molecule has 0 saturated carbocycles. The van der Waals surface area contributed by atoms with Gasteiger partial charge in [-0.05, 0) is 30.2 Å². The Morgan fingerprint density at radius 3 is 2.55 bits per heavy atom. The Hall–Kier alpha value is -3.75. The lowest BCUT2D eigenvalue weighted by atomic mass is 9.95. The highest BCUT2D eigenvalue weighted by molar-refractivity contribution is 6.09. The van der Waals surface area contributed by atoms with E-state index in [9.17, 15) is 18.0 Å². The van der Waals surface area contributed by atoms with E-state index in [0.29, 0.717) is 41.8 Å². The molecule has 2 heterocycles. The third-order valence-corrected chi connectivity index (χ3v) is 5.05. The zero-order chi connectivity index (χ0) is 22.1. The number of methoxy groups -OCH3 is 2. The number of hydrogen-bond donors (Lipinski definition) is 1. The molecule has 6 nitrogen and oxygen atoms in total. The van der Waals surface area contributed by atoms with Gasteiger partial charge in [0.2, 0.25) is 0 Å². The van der Waals surface area contributed by atoms with E-state index in [0.717, 1.165) is 22.5 Å². The van der Waals surface area contributed by atoms with E-state index in [-0.39, 0.29) is 0 Å². The second kappa shape index (κ2) is 8.17. The lowest BCUT2D eigenvalue weighted by molar-refractivity contribution is 0.104. The number of fused-ring (bicyclic) bond motifs is 1. The first-order valence-corrected chi connectivity index (χ1v) is 9.35. The van der Waals surface area contributed by atoms with Crippen LogP contribution in [-0.4, -0.2) is 36.1 Å². The molecule has 0 aliphatic carbocycles. The minimum Gasteiger partial charge on any atom is -0.493 e. The number of carbonyl (C=O) groups is 1. The quantitative estimate of drug-likeness (QED) is 0.381. The topological polar surface area (TPSA) is 65.4 Å². The van der Waals surface area contributed by atoms with Gasteiger partial charge in [0.15, 0.2) is 34.7 Å². The molecule has 0 unspecified atom stereocenters. The summed E-state index contributed by atoms with van der Waals surface area (Å²) >= 11 is 0. The molecule has 0 saturated heterocycles. The first-order valence-electron chi connectivity index (χ1n) is 9.35. The van der Waals surface area contributed by atoms with Gasteiger partial charge < -0.3 is 19.4 Å². The highest BCUT2D eigenvalue weighted by atomic mass is 19.2. The summed E-state index contributed by atoms with van der Waals surface area (Å²) in [6, 6.07) is 4.18. The highest BCUT2D eigenvalue weighted by Gasteiger charge is 2.25. The molecule has 0 atom stereocenters. The van der Waals surface area contributed by atoms with Crippen LogP contribution in [-0.2, 0) is 6.42 Å². The largest absolute Gasteiger partial charge is 0.493 e. The molecule has 1 aliphatic rings. The smallest absolute Gasteiger partial charge is 0.191 e. The molecule has 31 heavy (non-hydrogen) atoms. The molecule has 1 aromatic heterocycles. The fraction of sp³-hybridized carbons (Fsp3) is 0.182. The molecule has 4 rings (SSSR count). The summed E-state index contributed by atoms with van der Waals surface area (Å²) in [7, 11) is 3.00. The summed E-state index contributed by atoms with van der Waals surface area (Å²) in [5.74, 6) is -3.87. The van der Waals surface area contributed by atoms with Crippen molar-refractivity contribution < 1.29 is 27.4 Å². The van der Waals surface area contributed by atoms with E-state index in [2.05, 4.69) is 10.3 Å². The Labute approximate surface area is 175 Å². The lowest BCUT2D eigenvalue weighted by Crippen LogP contribution is -2.24. The zero-order valence-corrected chi connectivity index (χ0v) is 16.7. The fourth-order valence-corrected chi connectivity index (χ4v) is 3.54. The monoisotopic (exact) mass is 429 g/mol. The van der Waals surface area contributed by atoms with E-state index in [1.54, 1.807) is 12.1 Å². The van der Waals surface area contributed by atoms with E-state index in [4.69, 9.17) is 9.47 Å². The van der Waals surface area contributed by atoms with Crippen molar-refractivity contribution in [2.24, 2.45) is 0 Å². The molecule has 0 spiro atoms. The molecule has 0 amide bonds. The number of carbonyl (C=O) groups excluding carboxylic acids is 1. The van der Waals surface area contributed by atoms with Crippen LogP contribution in [0.1, 0.15) is 21.5 Å². The van der Waals surface area contributed by atoms with Crippen molar-refractivity contribution in [3.05, 3.63) is 77.1 Å². The second-order valence-corrected chi connectivity index (χ2v) is 6.82. The Morgan fingerprint density at radius 1 is 1.13 bits per heavy atom. The third-order valence-electron chi connectivity index (χ3n) is 5.05. The molecule has 160 valence electrons. The molecule has 0 bridgehead atoms. The van der Waals surface area contributed by atoms with Crippen molar-refractivity contribution in [2.75, 3.05) is 20.8 Å². The van der Waals surface area contributed by atoms with E-state index in [1.807, 2.05) is 0 Å². The number of allylic oxidation sites excluding steroid dienone is 1. The first kappa shape index (κ1) is 20.5. The van der Waals surface area contributed by atoms with Crippen molar-refractivity contribution in [3.63, 3.8) is 0 Å². The minimum absolute atomic E-state index is 0.395. The number of ketones is 1. The minimum atomic E-state index is -1.47. The fourth-order valence-electron chi connectivity index (χ4n) is 3.54. The standard InChI is InChI=1S/C22H18F3N3O3/c1-30-18-7-12-3-4-27-16(13(12)9-19(18)31-2)10-17(29)14-8-15(23)22(21(25)20(14)24)28-6-5-26-11-28/h5-11,27H,3-4H2,1-2H3/b16-10-. The second-order valence-electron chi connectivity index (χ2n) is 6.82. The highest BCUT2D eigenvalue weighted by Crippen LogP contribution is 2.35. The summed E-state index contributed by atoms with van der Waals surface area (Å²) in [4.78, 5) is 16.5. The van der Waals surface area contributed by atoms with E-state index < -0.39 is 34.5 Å². The van der Waals surface area contributed by atoms with Crippen molar-refractivity contribution in [1.82, 2.24) is 14.9 Å². The Kier molecular flexibility index (Phi) is 5.41. The summed E-state index contributed by atoms with van der Waals surface area (Å²) in [5, 5.41) is 3.07. The van der Waals surface area contributed by atoms with Gasteiger partial charge in [0, 0.05) is 36.3 Å². The van der Waals surface area contributed by atoms with Gasteiger partial charge in [-0.25, -0.2) is 18.2 Å². The summed E-state index contributed by atoms with van der Waals surface area (Å²) in [6.07, 6.45) is 5.50. The van der Waals surface area contributed by atoms with Gasteiger partial charge in [-0.3, -0.25) is 4.79 Å². The van der Waals surface area contributed by atoms with Crippen LogP contribution in [0.25, 0.3) is 11.4 Å². The Balaban J connectivity index is 1.76. The Morgan fingerprint density at radius 2 is 1.87 bits per heavy atom. The van der Waals surface area contributed by atoms with Crippen LogP contribution in [0.3, 0.4) is 0 Å². The maximum Gasteiger partial charge on any atom is 0.191 e. The number of benzene rings is 2. The molecule has 0 fully saturated rings. The lowest BCUT2D eigenvalue weighted by Gasteiger charge is -2.23. The van der Waals surface area contributed by atoms with E-state index >= 15 is 0 Å². The van der Waals surface area contributed by atoms with Crippen LogP contribution in [0.5, 0.6) is 11.5 Å². The molecular formula is C22H18F3N3O3. The van der Waals surface area contributed by atoms with Crippen LogP contribution in [0.4, 0.5) is 13.2 Å². The average Bonchev–Trinajstić information content (AvgIpc) is 3.29. The molecule has 2 aromatic carbocycles. The summed E-state index contributed by atoms with van der Waals surface area (Å²) < 4.78 is 55.4. The SMILES string of the molecule is COc1cc2c(cc1OC)/C(=C/C(=O)c1cc(F)c(-n3ccnc3)c(F)c1F)NCC2. The van der Waals surface area contributed by atoms with E-state index in [1.165, 1.54) is 26.6 Å². The summed E-state index contributed by atoms with van der Waals surface area (Å²) in [6.45, 7) is 0.520. The number of nitrogens with one attached hydrogen (secondary N) is 1. The molecule has 9 heteroatoms. The number of nitrogens with zero attached hydrogens (tertiary/aromatic N) is 2. The normalized spacial score (nSPS) is 14.2. The van der Waals surface area contributed by atoms with Gasteiger partial charge in [0.05, 0.1) is 26.1 Å². The van der Waals surface area contributed by atoms with Crippen LogP contribution < -0.4 is 14.8 Å². The van der Waals surface area contributed by atoms with Crippen molar-refractivity contribution >= 4 is 11.5 Å². The van der Waals surface area contributed by atoms with Gasteiger partial charge in [-0.2, -0.15) is 0 Å². The van der Waals surface area contributed by atoms with Gasteiger partial charge in [-0.1, -0.05) is 0 Å². The van der Waals surface area contributed by atoms with Gasteiger partial charge in [-0.15, -0.1) is 0 Å². The number of hydrogen-bond acceptors (Lipinski definition) is 5. The van der Waals surface area contributed by atoms with Crippen LogP contribution >= 0.6 is 0 Å². The van der Waals surface area contributed by atoms with Crippen molar-refractivity contribution in [1.29, 1.82) is 0 Å². The van der Waals surface area contributed by atoms with Crippen LogP contribution in [0.15, 0.2) is 43.0 Å². The number of imidazole rings is 1. The molecule has 1 aliphatic heterocycles. The Bertz CT molecular complexity index is 1190. The van der Waals surface area contributed by atoms with Crippen molar-refractivity contribution in [3.8, 4) is 17.2 Å². The number of halogens is 3. The number of ether oxygens (including phenoxy) is 2. The predicted molar refractivity (Wildman–Crippen MR) is 107 cm³/mol.